The molecular weight excluding hydrogens is 240 g/mol. The maximum absolute atomic E-state index is 11.9. The molecule has 0 aromatic heterocycles. The van der Waals surface area contributed by atoms with Crippen molar-refractivity contribution in [2.75, 3.05) is 13.1 Å². The van der Waals surface area contributed by atoms with Gasteiger partial charge >= 0.3 is 0 Å². The summed E-state index contributed by atoms with van der Waals surface area (Å²) >= 11 is 0. The average molecular weight is 268 g/mol. The molecule has 1 N–H and O–H groups in total. The van der Waals surface area contributed by atoms with E-state index < -0.39 is 0 Å². The minimum Gasteiger partial charge on any atom is -0.314 e. The molecular formula is C15H28N2O2. The molecule has 3 atom stereocenters. The van der Waals surface area contributed by atoms with Crippen molar-refractivity contribution in [3.8, 4) is 0 Å². The molecule has 1 fully saturated rings. The molecule has 0 aliphatic carbocycles. The Kier molecular flexibility index (Phi) is 6.49. The maximum Gasteiger partial charge on any atom is 0.232 e. The highest BCUT2D eigenvalue weighted by Gasteiger charge is 2.41. The summed E-state index contributed by atoms with van der Waals surface area (Å²) in [7, 11) is 0. The van der Waals surface area contributed by atoms with Gasteiger partial charge in [-0.05, 0) is 32.7 Å². The largest absolute Gasteiger partial charge is 0.314 e. The van der Waals surface area contributed by atoms with Crippen LogP contribution in [0, 0.1) is 11.8 Å². The van der Waals surface area contributed by atoms with E-state index in [2.05, 4.69) is 19.2 Å². The number of nitrogens with zero attached hydrogens (tertiary/aromatic N) is 1. The quantitative estimate of drug-likeness (QED) is 0.542. The molecule has 2 amide bonds. The Morgan fingerprint density at radius 2 is 1.74 bits per heavy atom. The third-order valence-electron chi connectivity index (χ3n) is 4.07. The molecule has 4 nitrogen and oxygen atoms in total. The predicted octanol–water partition coefficient (Wildman–Crippen LogP) is 2.19. The lowest BCUT2D eigenvalue weighted by Gasteiger charge is -2.16. The summed E-state index contributed by atoms with van der Waals surface area (Å²) in [5.74, 6) is -0.264. The first-order chi connectivity index (χ1) is 8.99. The van der Waals surface area contributed by atoms with Gasteiger partial charge in [-0.1, -0.05) is 27.2 Å². The van der Waals surface area contributed by atoms with Gasteiger partial charge in [-0.2, -0.15) is 0 Å². The number of amides is 2. The van der Waals surface area contributed by atoms with Gasteiger partial charge in [0.1, 0.15) is 0 Å². The van der Waals surface area contributed by atoms with Crippen molar-refractivity contribution in [3.63, 3.8) is 0 Å². The molecule has 1 saturated heterocycles. The minimum absolute atomic E-state index is 0.00894. The Bertz CT molecular complexity index is 297. The predicted molar refractivity (Wildman–Crippen MR) is 76.7 cm³/mol. The van der Waals surface area contributed by atoms with Gasteiger partial charge in [0.05, 0.1) is 0 Å². The van der Waals surface area contributed by atoms with Gasteiger partial charge in [-0.25, -0.2) is 0 Å². The van der Waals surface area contributed by atoms with E-state index in [4.69, 9.17) is 0 Å². The van der Waals surface area contributed by atoms with Crippen LogP contribution >= 0.6 is 0 Å². The van der Waals surface area contributed by atoms with Crippen LogP contribution in [0.2, 0.25) is 0 Å². The second kappa shape index (κ2) is 7.63. The number of hydrogen-bond acceptors (Lipinski definition) is 3. The van der Waals surface area contributed by atoms with E-state index >= 15 is 0 Å². The molecule has 1 aliphatic rings. The molecule has 0 bridgehead atoms. The third-order valence-corrected chi connectivity index (χ3v) is 4.07. The molecule has 1 aliphatic heterocycles. The van der Waals surface area contributed by atoms with Gasteiger partial charge in [-0.3, -0.25) is 14.5 Å². The van der Waals surface area contributed by atoms with Crippen LogP contribution in [-0.2, 0) is 9.59 Å². The van der Waals surface area contributed by atoms with E-state index in [1.165, 1.54) is 4.90 Å². The molecule has 0 spiro atoms. The zero-order valence-electron chi connectivity index (χ0n) is 12.7. The van der Waals surface area contributed by atoms with Gasteiger partial charge in [0.25, 0.3) is 0 Å². The van der Waals surface area contributed by atoms with Crippen molar-refractivity contribution in [2.45, 2.75) is 59.4 Å². The molecule has 1 rings (SSSR count). The van der Waals surface area contributed by atoms with Crippen LogP contribution in [0.15, 0.2) is 0 Å². The summed E-state index contributed by atoms with van der Waals surface area (Å²) in [4.78, 5) is 25.2. The van der Waals surface area contributed by atoms with Crippen molar-refractivity contribution in [3.05, 3.63) is 0 Å². The van der Waals surface area contributed by atoms with Crippen LogP contribution in [0.3, 0.4) is 0 Å². The molecule has 4 heteroatoms. The summed E-state index contributed by atoms with van der Waals surface area (Å²) in [6.07, 6.45) is 4.21. The Morgan fingerprint density at radius 3 is 2.26 bits per heavy atom. The summed E-state index contributed by atoms with van der Waals surface area (Å²) < 4.78 is 0. The molecule has 3 unspecified atom stereocenters. The average Bonchev–Trinajstić information content (AvgIpc) is 2.58. The first-order valence-electron chi connectivity index (χ1n) is 7.57. The minimum atomic E-state index is -0.141. The summed E-state index contributed by atoms with van der Waals surface area (Å²) in [5.41, 5.74) is 0. The molecule has 0 aromatic rings. The zero-order chi connectivity index (χ0) is 14.4. The van der Waals surface area contributed by atoms with Crippen molar-refractivity contribution in [1.29, 1.82) is 0 Å². The van der Waals surface area contributed by atoms with Crippen LogP contribution < -0.4 is 5.32 Å². The number of rotatable bonds is 8. The SMILES string of the molecule is CCCNC(C)CCCCN1C(=O)C(C)C(C)C1=O. The summed E-state index contributed by atoms with van der Waals surface area (Å²) in [6.45, 7) is 9.69. The van der Waals surface area contributed by atoms with Crippen LogP contribution in [0.4, 0.5) is 0 Å². The van der Waals surface area contributed by atoms with Crippen LogP contribution in [0.25, 0.3) is 0 Å². The second-order valence-electron chi connectivity index (χ2n) is 5.76. The number of likely N-dealkylation sites (tertiary alicyclic amines) is 1. The van der Waals surface area contributed by atoms with E-state index in [0.717, 1.165) is 32.2 Å². The lowest BCUT2D eigenvalue weighted by molar-refractivity contribution is -0.139. The van der Waals surface area contributed by atoms with Gasteiger partial charge in [-0.15, -0.1) is 0 Å². The number of carbonyl (C=O) groups excluding carboxylic acids is 2. The van der Waals surface area contributed by atoms with Crippen molar-refractivity contribution in [1.82, 2.24) is 10.2 Å². The number of carbonyl (C=O) groups is 2. The maximum atomic E-state index is 11.9. The Labute approximate surface area is 116 Å². The lowest BCUT2D eigenvalue weighted by Crippen LogP contribution is -2.32. The van der Waals surface area contributed by atoms with Crippen LogP contribution in [0.5, 0.6) is 0 Å². The first-order valence-corrected chi connectivity index (χ1v) is 7.57. The monoisotopic (exact) mass is 268 g/mol. The smallest absolute Gasteiger partial charge is 0.232 e. The number of imide groups is 1. The van der Waals surface area contributed by atoms with Gasteiger partial charge < -0.3 is 5.32 Å². The van der Waals surface area contributed by atoms with Crippen LogP contribution in [-0.4, -0.2) is 35.8 Å². The fourth-order valence-corrected chi connectivity index (χ4v) is 2.46. The highest BCUT2D eigenvalue weighted by Crippen LogP contribution is 2.25. The Balaban J connectivity index is 2.23. The van der Waals surface area contributed by atoms with E-state index in [1.807, 2.05) is 13.8 Å². The van der Waals surface area contributed by atoms with Gasteiger partial charge in [0.2, 0.25) is 11.8 Å². The molecule has 110 valence electrons. The van der Waals surface area contributed by atoms with Crippen molar-refractivity contribution >= 4 is 11.8 Å². The zero-order valence-corrected chi connectivity index (χ0v) is 12.7. The fourth-order valence-electron chi connectivity index (χ4n) is 2.46. The van der Waals surface area contributed by atoms with Crippen LogP contribution in [0.1, 0.15) is 53.4 Å². The molecule has 19 heavy (non-hydrogen) atoms. The second-order valence-corrected chi connectivity index (χ2v) is 5.76. The Morgan fingerprint density at radius 1 is 1.16 bits per heavy atom. The molecule has 1 heterocycles. The van der Waals surface area contributed by atoms with E-state index in [-0.39, 0.29) is 23.7 Å². The number of nitrogens with one attached hydrogen (secondary N) is 1. The topological polar surface area (TPSA) is 49.4 Å². The normalized spacial score (nSPS) is 25.2. The Hall–Kier alpha value is -0.900. The highest BCUT2D eigenvalue weighted by atomic mass is 16.2. The van der Waals surface area contributed by atoms with Crippen molar-refractivity contribution in [2.24, 2.45) is 11.8 Å². The lowest BCUT2D eigenvalue weighted by atomic mass is 10.00. The first kappa shape index (κ1) is 16.2. The molecule has 0 radical (unpaired) electrons. The standard InChI is InChI=1S/C15H28N2O2/c1-5-9-16-11(2)8-6-7-10-17-14(18)12(3)13(4)15(17)19/h11-13,16H,5-10H2,1-4H3. The number of unbranched alkanes of at least 4 members (excludes halogenated alkanes) is 1. The van der Waals surface area contributed by atoms with E-state index in [1.54, 1.807) is 0 Å². The fraction of sp³-hybridized carbons (Fsp3) is 0.867. The van der Waals surface area contributed by atoms with Gasteiger partial charge in [0, 0.05) is 24.4 Å². The van der Waals surface area contributed by atoms with Gasteiger partial charge in [0.15, 0.2) is 0 Å². The number of hydrogen-bond donors (Lipinski definition) is 1. The summed E-state index contributed by atoms with van der Waals surface area (Å²) in [5, 5.41) is 3.44. The molecule has 0 aromatic carbocycles. The summed E-state index contributed by atoms with van der Waals surface area (Å²) in [6, 6.07) is 0.516. The molecule has 0 saturated carbocycles. The van der Waals surface area contributed by atoms with E-state index in [9.17, 15) is 9.59 Å². The third kappa shape index (κ3) is 4.30. The van der Waals surface area contributed by atoms with E-state index in [0.29, 0.717) is 12.6 Å². The van der Waals surface area contributed by atoms with Crippen molar-refractivity contribution < 1.29 is 9.59 Å². The highest BCUT2D eigenvalue weighted by molar-refractivity contribution is 6.04.